The second-order valence-electron chi connectivity index (χ2n) is 6.06. The molecule has 0 radical (unpaired) electrons. The number of aryl methyl sites for hydroxylation is 1. The molecule has 1 unspecified atom stereocenters. The Hall–Kier alpha value is -3.03. The van der Waals surface area contributed by atoms with E-state index in [1.165, 1.54) is 18.2 Å². The van der Waals surface area contributed by atoms with Gasteiger partial charge in [0.15, 0.2) is 17.3 Å². The third-order valence-corrected chi connectivity index (χ3v) is 3.72. The summed E-state index contributed by atoms with van der Waals surface area (Å²) < 4.78 is 18.2. The zero-order valence-corrected chi connectivity index (χ0v) is 14.1. The van der Waals surface area contributed by atoms with E-state index in [-0.39, 0.29) is 23.5 Å². The molecule has 0 spiro atoms. The van der Waals surface area contributed by atoms with Gasteiger partial charge >= 0.3 is 0 Å². The smallest absolute Gasteiger partial charge is 0.274 e. The van der Waals surface area contributed by atoms with Crippen LogP contribution in [0.3, 0.4) is 0 Å². The summed E-state index contributed by atoms with van der Waals surface area (Å²) in [7, 11) is 0. The summed E-state index contributed by atoms with van der Waals surface area (Å²) in [4.78, 5) is 16.8. The van der Waals surface area contributed by atoms with Gasteiger partial charge in [0.05, 0.1) is 6.04 Å². The van der Waals surface area contributed by atoms with Crippen LogP contribution in [-0.4, -0.2) is 26.2 Å². The Bertz CT molecular complexity index is 869. The number of amides is 1. The Morgan fingerprint density at radius 3 is 2.60 bits per heavy atom. The van der Waals surface area contributed by atoms with Gasteiger partial charge in [0, 0.05) is 11.6 Å². The number of carbonyl (C=O) groups excluding carboxylic acids is 1. The van der Waals surface area contributed by atoms with Crippen molar-refractivity contribution < 1.29 is 13.7 Å². The molecule has 0 bridgehead atoms. The van der Waals surface area contributed by atoms with E-state index in [4.69, 9.17) is 4.52 Å². The largest absolute Gasteiger partial charge is 0.355 e. The van der Waals surface area contributed by atoms with Crippen LogP contribution >= 0.6 is 0 Å². The molecule has 2 heterocycles. The van der Waals surface area contributed by atoms with Gasteiger partial charge in [-0.25, -0.2) is 9.37 Å². The molecule has 0 saturated heterocycles. The number of hydrogen-bond donors (Lipinski definition) is 2. The van der Waals surface area contributed by atoms with Crippen molar-refractivity contribution in [3.05, 3.63) is 53.5 Å². The van der Waals surface area contributed by atoms with Gasteiger partial charge in [-0.1, -0.05) is 19.0 Å². The van der Waals surface area contributed by atoms with Crippen LogP contribution in [0.2, 0.25) is 0 Å². The number of halogens is 1. The predicted molar refractivity (Wildman–Crippen MR) is 88.1 cm³/mol. The molecule has 2 N–H and O–H groups in total. The molecule has 3 aromatic rings. The summed E-state index contributed by atoms with van der Waals surface area (Å²) in [5, 5.41) is 13.6. The highest BCUT2D eigenvalue weighted by molar-refractivity contribution is 5.93. The number of aromatic amines is 1. The number of benzene rings is 1. The first kappa shape index (κ1) is 16.8. The third kappa shape index (κ3) is 3.73. The van der Waals surface area contributed by atoms with E-state index in [0.29, 0.717) is 23.0 Å². The van der Waals surface area contributed by atoms with Crippen molar-refractivity contribution in [1.29, 1.82) is 0 Å². The monoisotopic (exact) mass is 343 g/mol. The minimum atomic E-state index is -0.390. The lowest BCUT2D eigenvalue weighted by Gasteiger charge is -2.18. The van der Waals surface area contributed by atoms with E-state index >= 15 is 0 Å². The molecule has 1 aromatic carbocycles. The van der Waals surface area contributed by atoms with Crippen LogP contribution in [-0.2, 0) is 0 Å². The maximum Gasteiger partial charge on any atom is 0.274 e. The molecule has 8 heteroatoms. The average Bonchev–Trinajstić information content (AvgIpc) is 3.22. The molecule has 3 rings (SSSR count). The van der Waals surface area contributed by atoms with Gasteiger partial charge < -0.3 is 9.84 Å². The molecule has 130 valence electrons. The van der Waals surface area contributed by atoms with E-state index in [0.717, 1.165) is 0 Å². The van der Waals surface area contributed by atoms with E-state index in [1.807, 2.05) is 13.8 Å². The minimum absolute atomic E-state index is 0.0858. The number of nitrogens with one attached hydrogen (secondary N) is 2. The van der Waals surface area contributed by atoms with E-state index in [9.17, 15) is 9.18 Å². The minimum Gasteiger partial charge on any atom is -0.355 e. The highest BCUT2D eigenvalue weighted by Crippen LogP contribution is 2.22. The van der Waals surface area contributed by atoms with Gasteiger partial charge in [-0.15, -0.1) is 0 Å². The summed E-state index contributed by atoms with van der Waals surface area (Å²) >= 11 is 0. The topological polar surface area (TPSA) is 96.7 Å². The third-order valence-electron chi connectivity index (χ3n) is 3.72. The van der Waals surface area contributed by atoms with Crippen LogP contribution < -0.4 is 5.32 Å². The van der Waals surface area contributed by atoms with Crippen molar-refractivity contribution in [1.82, 2.24) is 25.7 Å². The first-order valence-corrected chi connectivity index (χ1v) is 7.86. The summed E-state index contributed by atoms with van der Waals surface area (Å²) in [6, 6.07) is 6.91. The van der Waals surface area contributed by atoms with Gasteiger partial charge in [-0.2, -0.15) is 5.10 Å². The molecular formula is C17H18FN5O2. The Labute approximate surface area is 143 Å². The Balaban J connectivity index is 1.77. The molecule has 0 fully saturated rings. The van der Waals surface area contributed by atoms with Crippen molar-refractivity contribution >= 4 is 5.91 Å². The lowest BCUT2D eigenvalue weighted by molar-refractivity contribution is 0.0914. The van der Waals surface area contributed by atoms with Crippen molar-refractivity contribution in [3.8, 4) is 11.3 Å². The molecule has 0 aliphatic carbocycles. The standard InChI is InChI=1S/C17H18FN5O2/c1-9(2)15(16-19-10(3)21-22-16)20-17(24)13-8-14(25-23-13)11-4-6-12(18)7-5-11/h4-9,15H,1-3H3,(H,20,24)(H,19,21,22). The molecule has 0 aliphatic heterocycles. The SMILES string of the molecule is Cc1nc(C(NC(=O)c2cc(-c3ccc(F)cc3)on2)C(C)C)n[nH]1. The summed E-state index contributed by atoms with van der Waals surface area (Å²) in [6.07, 6.45) is 0. The van der Waals surface area contributed by atoms with E-state index in [1.54, 1.807) is 19.1 Å². The maximum atomic E-state index is 13.0. The lowest BCUT2D eigenvalue weighted by atomic mass is 10.0. The number of aromatic nitrogens is 4. The summed E-state index contributed by atoms with van der Waals surface area (Å²) in [5.41, 5.74) is 0.773. The summed E-state index contributed by atoms with van der Waals surface area (Å²) in [6.45, 7) is 5.72. The van der Waals surface area contributed by atoms with Gasteiger partial charge in [0.25, 0.3) is 5.91 Å². The molecule has 1 amide bonds. The Kier molecular flexibility index (Phi) is 4.60. The Morgan fingerprint density at radius 2 is 2.00 bits per heavy atom. The van der Waals surface area contributed by atoms with Crippen molar-refractivity contribution in [3.63, 3.8) is 0 Å². The van der Waals surface area contributed by atoms with Gasteiger partial charge in [0.2, 0.25) is 0 Å². The number of nitrogens with zero attached hydrogens (tertiary/aromatic N) is 3. The molecule has 1 atom stereocenters. The quantitative estimate of drug-likeness (QED) is 0.742. The van der Waals surface area contributed by atoms with Crippen LogP contribution in [0.15, 0.2) is 34.9 Å². The molecular weight excluding hydrogens is 325 g/mol. The molecule has 7 nitrogen and oxygen atoms in total. The number of hydrogen-bond acceptors (Lipinski definition) is 5. The van der Waals surface area contributed by atoms with Crippen LogP contribution in [0.1, 0.15) is 42.0 Å². The van der Waals surface area contributed by atoms with Crippen LogP contribution in [0.5, 0.6) is 0 Å². The zero-order valence-electron chi connectivity index (χ0n) is 14.1. The first-order valence-electron chi connectivity index (χ1n) is 7.86. The van der Waals surface area contributed by atoms with Crippen molar-refractivity contribution in [2.45, 2.75) is 26.8 Å². The fraction of sp³-hybridized carbons (Fsp3) is 0.294. The predicted octanol–water partition coefficient (Wildman–Crippen LogP) is 3.03. The Morgan fingerprint density at radius 1 is 1.28 bits per heavy atom. The van der Waals surface area contributed by atoms with Gasteiger partial charge in [-0.05, 0) is 37.1 Å². The number of rotatable bonds is 5. The van der Waals surface area contributed by atoms with Crippen LogP contribution in [0.4, 0.5) is 4.39 Å². The fourth-order valence-corrected chi connectivity index (χ4v) is 2.38. The van der Waals surface area contributed by atoms with E-state index in [2.05, 4.69) is 25.7 Å². The molecule has 0 aliphatic rings. The number of carbonyl (C=O) groups is 1. The highest BCUT2D eigenvalue weighted by Gasteiger charge is 2.24. The lowest BCUT2D eigenvalue weighted by Crippen LogP contribution is -2.32. The molecule has 2 aromatic heterocycles. The van der Waals surface area contributed by atoms with Crippen LogP contribution in [0, 0.1) is 18.7 Å². The highest BCUT2D eigenvalue weighted by atomic mass is 19.1. The van der Waals surface area contributed by atoms with Crippen molar-refractivity contribution in [2.24, 2.45) is 5.92 Å². The normalized spacial score (nSPS) is 12.4. The average molecular weight is 343 g/mol. The van der Waals surface area contributed by atoms with Gasteiger partial charge in [-0.3, -0.25) is 9.89 Å². The fourth-order valence-electron chi connectivity index (χ4n) is 2.38. The summed E-state index contributed by atoms with van der Waals surface area (Å²) in [5.74, 6) is 0.932. The first-order chi connectivity index (χ1) is 11.9. The second-order valence-corrected chi connectivity index (χ2v) is 6.06. The number of H-pyrrole nitrogens is 1. The van der Waals surface area contributed by atoms with Crippen molar-refractivity contribution in [2.75, 3.05) is 0 Å². The second kappa shape index (κ2) is 6.84. The van der Waals surface area contributed by atoms with E-state index < -0.39 is 5.91 Å². The van der Waals surface area contributed by atoms with Crippen LogP contribution in [0.25, 0.3) is 11.3 Å². The van der Waals surface area contributed by atoms with Gasteiger partial charge in [0.1, 0.15) is 11.6 Å². The maximum absolute atomic E-state index is 13.0. The molecule has 25 heavy (non-hydrogen) atoms. The zero-order chi connectivity index (χ0) is 18.0. The molecule has 0 saturated carbocycles.